The van der Waals surface area contributed by atoms with Gasteiger partial charge in [0, 0.05) is 38.5 Å². The summed E-state index contributed by atoms with van der Waals surface area (Å²) in [5, 5.41) is 29.3. The molecule has 0 amide bonds. The Morgan fingerprint density at radius 1 is 0.712 bits per heavy atom. The van der Waals surface area contributed by atoms with E-state index in [0.29, 0.717) is 45.9 Å². The SMILES string of the molecule is CCO[Si](CCCN)(OCC)OCC.CCO[Si]1(CCCN)O[C@](C)(CC)[C@](C)(C(C)(C)O[Si](C)(C)C)O1.CC[C@@](C)(O)[C@@](C)(O)C(C)(C)O.[SiH4].[SiH4]. The third-order valence-corrected chi connectivity index (χ3v) is 17.3. The first-order valence-corrected chi connectivity index (χ1v) is 26.1. The predicted molar refractivity (Wildman–Crippen MR) is 233 cm³/mol. The number of hydrogen-bond acceptors (Lipinski definition) is 12. The van der Waals surface area contributed by atoms with Gasteiger partial charge in [-0.05, 0) is 163 Å². The molecule has 0 aromatic carbocycles. The topological polar surface area (TPSA) is 177 Å². The molecule has 5 atom stereocenters. The van der Waals surface area contributed by atoms with Crippen LogP contribution in [-0.2, 0) is 31.0 Å². The highest BCUT2D eigenvalue weighted by Crippen LogP contribution is 2.52. The van der Waals surface area contributed by atoms with Crippen molar-refractivity contribution >= 4 is 47.9 Å². The van der Waals surface area contributed by atoms with E-state index in [9.17, 15) is 15.3 Å². The van der Waals surface area contributed by atoms with Crippen molar-refractivity contribution in [3.8, 4) is 0 Å². The molecular formula is C35H90N2O10Si5. The lowest BCUT2D eigenvalue weighted by Gasteiger charge is -2.50. The van der Waals surface area contributed by atoms with Gasteiger partial charge in [0.25, 0.3) is 0 Å². The van der Waals surface area contributed by atoms with Gasteiger partial charge in [-0.15, -0.1) is 0 Å². The Morgan fingerprint density at radius 3 is 1.44 bits per heavy atom. The van der Waals surface area contributed by atoms with E-state index in [4.69, 9.17) is 42.4 Å². The predicted octanol–water partition coefficient (Wildman–Crippen LogP) is 3.06. The van der Waals surface area contributed by atoms with Crippen molar-refractivity contribution in [3.63, 3.8) is 0 Å². The molecule has 0 aliphatic carbocycles. The van der Waals surface area contributed by atoms with Crippen LogP contribution >= 0.6 is 0 Å². The van der Waals surface area contributed by atoms with E-state index in [1.165, 1.54) is 27.7 Å². The summed E-state index contributed by atoms with van der Waals surface area (Å²) in [6.07, 6.45) is 2.97. The van der Waals surface area contributed by atoms with Crippen molar-refractivity contribution < 1.29 is 46.3 Å². The van der Waals surface area contributed by atoms with Crippen LogP contribution in [0.5, 0.6) is 0 Å². The van der Waals surface area contributed by atoms with Crippen LogP contribution in [0.15, 0.2) is 0 Å². The number of aliphatic hydroxyl groups is 3. The minimum absolute atomic E-state index is 0. The first-order valence-electron chi connectivity index (χ1n) is 18.8. The van der Waals surface area contributed by atoms with Crippen LogP contribution in [0.2, 0.25) is 31.7 Å². The van der Waals surface area contributed by atoms with Gasteiger partial charge in [-0.2, -0.15) is 0 Å². The smallest absolute Gasteiger partial charge is 0.410 e. The van der Waals surface area contributed by atoms with E-state index >= 15 is 0 Å². The molecule has 0 bridgehead atoms. The summed E-state index contributed by atoms with van der Waals surface area (Å²) in [6, 6.07) is 1.57. The second-order valence-corrected chi connectivity index (χ2v) is 25.4. The standard InChI is InChI=1S/C17H39NO4Si2.C9H23NO3Si.C9H20O3.2H4Si/c1-10-16(5)17(6,15(3,4)20-23(7,8)9)22-24(21-16,19-11-2)14-12-13-18;1-4-11-14(12-5-2,13-6-3)9-7-8-10;1-6-8(4,11)9(5,12)7(2,3)10;;/h10-14,18H2,1-9H3;4-10H2,1-3H3;10-12H,6H2,1-5H3;2*1H4/t16-,17+,24?;;8-,9+;;/m1.1../s1. The van der Waals surface area contributed by atoms with Gasteiger partial charge < -0.3 is 57.8 Å². The molecule has 17 heteroatoms. The average Bonchev–Trinajstić information content (AvgIpc) is 3.22. The lowest BCUT2D eigenvalue weighted by Crippen LogP contribution is -2.63. The number of rotatable bonds is 21. The number of hydrogen-bond donors (Lipinski definition) is 5. The molecule has 1 rings (SSSR count). The van der Waals surface area contributed by atoms with Crippen LogP contribution in [0.1, 0.15) is 123 Å². The second kappa shape index (κ2) is 24.4. The van der Waals surface area contributed by atoms with Crippen LogP contribution < -0.4 is 11.5 Å². The summed E-state index contributed by atoms with van der Waals surface area (Å²) < 4.78 is 43.0. The zero-order chi connectivity index (χ0) is 39.9. The quantitative estimate of drug-likeness (QED) is 0.107. The third kappa shape index (κ3) is 16.6. The molecule has 12 nitrogen and oxygen atoms in total. The van der Waals surface area contributed by atoms with Crippen LogP contribution in [0.4, 0.5) is 0 Å². The molecule has 0 saturated carbocycles. The lowest BCUT2D eigenvalue weighted by atomic mass is 9.73. The third-order valence-electron chi connectivity index (χ3n) is 9.89. The van der Waals surface area contributed by atoms with E-state index in [2.05, 4.69) is 54.3 Å². The second-order valence-electron chi connectivity index (χ2n) is 15.7. The molecule has 1 unspecified atom stereocenters. The molecule has 0 aromatic heterocycles. The highest BCUT2D eigenvalue weighted by atomic mass is 28.4. The molecule has 0 radical (unpaired) electrons. The van der Waals surface area contributed by atoms with Gasteiger partial charge >= 0.3 is 17.6 Å². The maximum atomic E-state index is 9.88. The van der Waals surface area contributed by atoms with Crippen molar-refractivity contribution in [1.29, 1.82) is 0 Å². The van der Waals surface area contributed by atoms with Crippen molar-refractivity contribution in [2.24, 2.45) is 11.5 Å². The largest absolute Gasteiger partial charge is 0.502 e. The van der Waals surface area contributed by atoms with E-state index in [1.807, 2.05) is 27.7 Å². The summed E-state index contributed by atoms with van der Waals surface area (Å²) in [5.74, 6) is 0. The fourth-order valence-electron chi connectivity index (χ4n) is 6.01. The first-order chi connectivity index (χ1) is 22.6. The Balaban J connectivity index is -0.000000354. The van der Waals surface area contributed by atoms with E-state index in [0.717, 1.165) is 31.4 Å². The summed E-state index contributed by atoms with van der Waals surface area (Å²) in [7, 11) is -6.92. The Morgan fingerprint density at radius 2 is 1.15 bits per heavy atom. The van der Waals surface area contributed by atoms with E-state index in [1.54, 1.807) is 6.92 Å². The van der Waals surface area contributed by atoms with Gasteiger partial charge in [-0.1, -0.05) is 13.8 Å². The molecule has 7 N–H and O–H groups in total. The zero-order valence-corrected chi connectivity index (χ0v) is 38.3. The minimum atomic E-state index is -2.77. The molecule has 1 aliphatic heterocycles. The Hall–Kier alpha value is 0.604. The van der Waals surface area contributed by atoms with Gasteiger partial charge in [0.1, 0.15) is 11.2 Å². The molecule has 0 spiro atoms. The molecule has 0 aromatic rings. The van der Waals surface area contributed by atoms with E-state index < -0.39 is 59.5 Å². The van der Waals surface area contributed by atoms with Crippen molar-refractivity contribution in [3.05, 3.63) is 0 Å². The normalized spacial score (nSPS) is 24.6. The minimum Gasteiger partial charge on any atom is -0.410 e. The fraction of sp³-hybridized carbons (Fsp3) is 1.00. The highest BCUT2D eigenvalue weighted by molar-refractivity contribution is 6.69. The average molecular weight is 840 g/mol. The summed E-state index contributed by atoms with van der Waals surface area (Å²) in [4.78, 5) is 0. The van der Waals surface area contributed by atoms with Gasteiger partial charge in [0.05, 0.1) is 22.4 Å². The van der Waals surface area contributed by atoms with Crippen molar-refractivity contribution in [2.75, 3.05) is 39.5 Å². The summed E-state index contributed by atoms with van der Waals surface area (Å²) in [5.41, 5.74) is 5.62. The van der Waals surface area contributed by atoms with Crippen molar-refractivity contribution in [1.82, 2.24) is 0 Å². The molecule has 1 saturated heterocycles. The van der Waals surface area contributed by atoms with E-state index in [-0.39, 0.29) is 21.9 Å². The van der Waals surface area contributed by atoms with Crippen molar-refractivity contribution in [2.45, 2.75) is 188 Å². The van der Waals surface area contributed by atoms with Gasteiger partial charge in [-0.25, -0.2) is 0 Å². The van der Waals surface area contributed by atoms with Crippen LogP contribution in [0.3, 0.4) is 0 Å². The first kappa shape index (κ1) is 59.3. The molecular weight excluding hydrogens is 749 g/mol. The molecule has 1 aliphatic rings. The fourth-order valence-corrected chi connectivity index (χ4v) is 14.1. The summed E-state index contributed by atoms with van der Waals surface area (Å²) >= 11 is 0. The Labute approximate surface area is 332 Å². The molecule has 1 fully saturated rings. The number of nitrogens with two attached hydrogens (primary N) is 2. The zero-order valence-electron chi connectivity index (χ0n) is 35.3. The molecule has 1 heterocycles. The Kier molecular flexibility index (Phi) is 27.8. The van der Waals surface area contributed by atoms with Crippen LogP contribution in [0.25, 0.3) is 0 Å². The van der Waals surface area contributed by atoms with Gasteiger partial charge in [0.2, 0.25) is 0 Å². The maximum Gasteiger partial charge on any atom is 0.502 e. The molecule has 320 valence electrons. The molecule has 52 heavy (non-hydrogen) atoms. The monoisotopic (exact) mass is 839 g/mol. The Bertz CT molecular complexity index is 924. The van der Waals surface area contributed by atoms with Crippen LogP contribution in [0, 0.1) is 0 Å². The van der Waals surface area contributed by atoms with Gasteiger partial charge in [-0.3, -0.25) is 0 Å². The maximum absolute atomic E-state index is 9.88. The highest BCUT2D eigenvalue weighted by Gasteiger charge is 2.69. The van der Waals surface area contributed by atoms with Crippen LogP contribution in [-0.4, -0.2) is 136 Å². The lowest BCUT2D eigenvalue weighted by molar-refractivity contribution is -0.219. The van der Waals surface area contributed by atoms with Gasteiger partial charge in [0.15, 0.2) is 8.32 Å². The summed E-state index contributed by atoms with van der Waals surface area (Å²) in [6.45, 7) is 36.6.